The minimum atomic E-state index is -4.51. The number of anilines is 3. The van der Waals surface area contributed by atoms with Crippen LogP contribution in [-0.2, 0) is 6.18 Å². The second kappa shape index (κ2) is 7.37. The third kappa shape index (κ3) is 3.45. The average Bonchev–Trinajstić information content (AvgIpc) is 2.74. The van der Waals surface area contributed by atoms with E-state index in [9.17, 15) is 18.0 Å². The molecule has 1 amide bonds. The fourth-order valence-corrected chi connectivity index (χ4v) is 3.48. The van der Waals surface area contributed by atoms with Gasteiger partial charge in [0.25, 0.3) is 5.91 Å². The van der Waals surface area contributed by atoms with Gasteiger partial charge in [-0.15, -0.1) is 0 Å². The molecular weight excluding hydrogens is 395 g/mol. The number of pyridine rings is 1. The van der Waals surface area contributed by atoms with Crippen molar-refractivity contribution < 1.29 is 22.7 Å². The van der Waals surface area contributed by atoms with Crippen LogP contribution in [0.3, 0.4) is 0 Å². The van der Waals surface area contributed by atoms with Gasteiger partial charge in [-0.05, 0) is 43.3 Å². The van der Waals surface area contributed by atoms with Crippen LogP contribution in [0.25, 0.3) is 0 Å². The van der Waals surface area contributed by atoms with Gasteiger partial charge < -0.3 is 9.64 Å². The van der Waals surface area contributed by atoms with Gasteiger partial charge in [-0.1, -0.05) is 18.2 Å². The Bertz CT molecular complexity index is 1100. The number of aryl methyl sites for hydroxylation is 1. The van der Waals surface area contributed by atoms with Gasteiger partial charge in [0.2, 0.25) is 5.88 Å². The molecule has 0 radical (unpaired) electrons. The lowest BCUT2D eigenvalue weighted by Crippen LogP contribution is -2.45. The molecule has 1 aliphatic rings. The van der Waals surface area contributed by atoms with Crippen LogP contribution in [0.15, 0.2) is 60.7 Å². The van der Waals surface area contributed by atoms with Crippen molar-refractivity contribution in [2.24, 2.45) is 0 Å². The van der Waals surface area contributed by atoms with Crippen LogP contribution in [0.4, 0.5) is 30.2 Å². The molecule has 0 saturated carbocycles. The number of ether oxygens (including phenoxy) is 1. The van der Waals surface area contributed by atoms with Crippen molar-refractivity contribution in [2.75, 3.05) is 23.6 Å². The van der Waals surface area contributed by atoms with Crippen LogP contribution in [0, 0.1) is 6.92 Å². The number of para-hydroxylation sites is 1. The van der Waals surface area contributed by atoms with Gasteiger partial charge in [-0.25, -0.2) is 4.98 Å². The minimum Gasteiger partial charge on any atom is -0.481 e. The smallest absolute Gasteiger partial charge is 0.416 e. The predicted molar refractivity (Wildman–Crippen MR) is 107 cm³/mol. The number of methoxy groups -OCH3 is 1. The van der Waals surface area contributed by atoms with E-state index in [1.807, 2.05) is 6.07 Å². The number of halogens is 3. The number of rotatable bonds is 3. The van der Waals surface area contributed by atoms with Crippen LogP contribution < -0.4 is 14.5 Å². The Hall–Kier alpha value is -3.55. The summed E-state index contributed by atoms with van der Waals surface area (Å²) in [6.45, 7) is 1.80. The first-order chi connectivity index (χ1) is 14.3. The van der Waals surface area contributed by atoms with E-state index in [1.54, 1.807) is 48.2 Å². The highest BCUT2D eigenvalue weighted by Crippen LogP contribution is 2.40. The number of carbonyl (C=O) groups excluding carboxylic acids is 1. The zero-order chi connectivity index (χ0) is 21.5. The number of benzene rings is 2. The summed E-state index contributed by atoms with van der Waals surface area (Å²) in [5.41, 5.74) is 1.42. The molecule has 2 aromatic carbocycles. The molecule has 0 unspecified atom stereocenters. The summed E-state index contributed by atoms with van der Waals surface area (Å²) in [4.78, 5) is 20.7. The molecule has 3 aromatic rings. The van der Waals surface area contributed by atoms with Gasteiger partial charge in [0.1, 0.15) is 6.67 Å². The van der Waals surface area contributed by atoms with Crippen LogP contribution >= 0.6 is 0 Å². The summed E-state index contributed by atoms with van der Waals surface area (Å²) < 4.78 is 45.1. The van der Waals surface area contributed by atoms with Crippen LogP contribution in [0.1, 0.15) is 21.6 Å². The number of nitrogens with zero attached hydrogens (tertiary/aromatic N) is 3. The molecule has 0 fully saturated rings. The number of amides is 1. The predicted octanol–water partition coefficient (Wildman–Crippen LogP) is 5.17. The molecule has 4 rings (SSSR count). The monoisotopic (exact) mass is 413 g/mol. The fourth-order valence-electron chi connectivity index (χ4n) is 3.48. The lowest BCUT2D eigenvalue weighted by molar-refractivity contribution is -0.137. The van der Waals surface area contributed by atoms with Crippen molar-refractivity contribution >= 4 is 23.0 Å². The molecule has 5 nitrogen and oxygen atoms in total. The quantitative estimate of drug-likeness (QED) is 0.594. The molecule has 154 valence electrons. The average molecular weight is 413 g/mol. The molecule has 1 aromatic heterocycles. The second-order valence-corrected chi connectivity index (χ2v) is 6.83. The van der Waals surface area contributed by atoms with Gasteiger partial charge in [0, 0.05) is 11.8 Å². The van der Waals surface area contributed by atoms with Gasteiger partial charge in [0.05, 0.1) is 35.3 Å². The lowest BCUT2D eigenvalue weighted by atomic mass is 10.0. The topological polar surface area (TPSA) is 45.7 Å². The molecule has 0 saturated heterocycles. The lowest BCUT2D eigenvalue weighted by Gasteiger charge is -2.38. The van der Waals surface area contributed by atoms with E-state index in [4.69, 9.17) is 4.74 Å². The first-order valence-electron chi connectivity index (χ1n) is 9.17. The largest absolute Gasteiger partial charge is 0.481 e. The Balaban J connectivity index is 1.86. The maximum atomic E-state index is 13.3. The highest BCUT2D eigenvalue weighted by Gasteiger charge is 2.36. The van der Waals surface area contributed by atoms with Gasteiger partial charge >= 0.3 is 6.18 Å². The summed E-state index contributed by atoms with van der Waals surface area (Å²) in [6.07, 6.45) is -4.51. The fraction of sp³-hybridized carbons (Fsp3) is 0.182. The minimum absolute atomic E-state index is 0.0476. The maximum Gasteiger partial charge on any atom is 0.416 e. The van der Waals surface area contributed by atoms with E-state index >= 15 is 0 Å². The van der Waals surface area contributed by atoms with E-state index < -0.39 is 11.7 Å². The molecular formula is C22H18F3N3O2. The number of aromatic nitrogens is 1. The molecule has 30 heavy (non-hydrogen) atoms. The molecule has 0 bridgehead atoms. The van der Waals surface area contributed by atoms with E-state index in [0.717, 1.165) is 12.1 Å². The van der Waals surface area contributed by atoms with Gasteiger partial charge in [-0.2, -0.15) is 13.2 Å². The van der Waals surface area contributed by atoms with Crippen molar-refractivity contribution in [1.82, 2.24) is 4.98 Å². The summed E-state index contributed by atoms with van der Waals surface area (Å²) in [5.74, 6) is 0.0248. The maximum absolute atomic E-state index is 13.3. The number of alkyl halides is 3. The zero-order valence-electron chi connectivity index (χ0n) is 16.3. The summed E-state index contributed by atoms with van der Waals surface area (Å²) >= 11 is 0. The Kier molecular flexibility index (Phi) is 4.85. The zero-order valence-corrected chi connectivity index (χ0v) is 16.3. The van der Waals surface area contributed by atoms with Crippen LogP contribution in [0.2, 0.25) is 0 Å². The summed E-state index contributed by atoms with van der Waals surface area (Å²) in [7, 11) is 1.50. The van der Waals surface area contributed by atoms with Crippen molar-refractivity contribution in [3.63, 3.8) is 0 Å². The third-order valence-electron chi connectivity index (χ3n) is 4.97. The Morgan fingerprint density at radius 1 is 0.967 bits per heavy atom. The van der Waals surface area contributed by atoms with Gasteiger partial charge in [-0.3, -0.25) is 9.69 Å². The van der Waals surface area contributed by atoms with Crippen molar-refractivity contribution in [2.45, 2.75) is 13.1 Å². The first kappa shape index (κ1) is 19.8. The SMILES string of the molecule is COc1ccc(N2CN(c3ccccc3)c3cc(C(F)(F)F)ccc3C2=O)c(C)n1. The Morgan fingerprint density at radius 3 is 2.33 bits per heavy atom. The number of fused-ring (bicyclic) bond motifs is 1. The Labute approximate surface area is 171 Å². The molecule has 0 N–H and O–H groups in total. The second-order valence-electron chi connectivity index (χ2n) is 6.83. The van der Waals surface area contributed by atoms with E-state index in [2.05, 4.69) is 4.98 Å². The third-order valence-corrected chi connectivity index (χ3v) is 4.97. The first-order valence-corrected chi connectivity index (χ1v) is 9.17. The van der Waals surface area contributed by atoms with Crippen molar-refractivity contribution in [3.05, 3.63) is 77.5 Å². The highest BCUT2D eigenvalue weighted by atomic mass is 19.4. The molecule has 0 atom stereocenters. The van der Waals surface area contributed by atoms with Gasteiger partial charge in [0.15, 0.2) is 0 Å². The number of carbonyl (C=O) groups is 1. The molecule has 0 spiro atoms. The molecule has 0 aliphatic carbocycles. The normalized spacial score (nSPS) is 14.0. The van der Waals surface area contributed by atoms with Crippen LogP contribution in [0.5, 0.6) is 5.88 Å². The van der Waals surface area contributed by atoms with Crippen molar-refractivity contribution in [3.8, 4) is 5.88 Å². The molecule has 2 heterocycles. The number of hydrogen-bond donors (Lipinski definition) is 0. The molecule has 8 heteroatoms. The van der Waals surface area contributed by atoms with Crippen LogP contribution in [-0.4, -0.2) is 24.7 Å². The summed E-state index contributed by atoms with van der Waals surface area (Å²) in [5, 5.41) is 0. The Morgan fingerprint density at radius 2 is 1.70 bits per heavy atom. The van der Waals surface area contributed by atoms with E-state index in [1.165, 1.54) is 18.1 Å². The van der Waals surface area contributed by atoms with E-state index in [0.29, 0.717) is 22.9 Å². The molecule has 1 aliphatic heterocycles. The van der Waals surface area contributed by atoms with Crippen molar-refractivity contribution in [1.29, 1.82) is 0 Å². The summed E-state index contributed by atoms with van der Waals surface area (Å²) in [6, 6.07) is 15.5. The van der Waals surface area contributed by atoms with E-state index in [-0.39, 0.29) is 23.8 Å². The number of hydrogen-bond acceptors (Lipinski definition) is 4. The standard InChI is InChI=1S/C22H18F3N3O2/c1-14-18(10-11-20(26-14)30-2)28-13-27(16-6-4-3-5-7-16)19-12-15(22(23,24)25)8-9-17(19)21(28)29/h3-12H,13H2,1-2H3. The highest BCUT2D eigenvalue weighted by molar-refractivity contribution is 6.12.